The van der Waals surface area contributed by atoms with Gasteiger partial charge in [-0.2, -0.15) is 0 Å². The average molecular weight is 501 g/mol. The molecular formula is C18H36IN3O3S. The van der Waals surface area contributed by atoms with Gasteiger partial charge in [-0.05, 0) is 33.6 Å². The fourth-order valence-electron chi connectivity index (χ4n) is 3.53. The zero-order chi connectivity index (χ0) is 18.3. The third kappa shape index (κ3) is 6.82. The Bertz CT molecular complexity index is 544. The van der Waals surface area contributed by atoms with E-state index in [-0.39, 0.29) is 29.7 Å². The molecule has 1 aliphatic heterocycles. The maximum atomic E-state index is 12.2. The van der Waals surface area contributed by atoms with Crippen molar-refractivity contribution in [2.45, 2.75) is 70.1 Å². The van der Waals surface area contributed by atoms with E-state index in [9.17, 15) is 8.42 Å². The molecule has 0 spiro atoms. The van der Waals surface area contributed by atoms with E-state index in [1.165, 1.54) is 38.5 Å². The Morgan fingerprint density at radius 1 is 1.23 bits per heavy atom. The molecule has 2 rings (SSSR count). The van der Waals surface area contributed by atoms with E-state index in [1.807, 2.05) is 6.92 Å². The van der Waals surface area contributed by atoms with Crippen molar-refractivity contribution in [2.24, 2.45) is 4.99 Å². The molecule has 0 atom stereocenters. The lowest BCUT2D eigenvalue weighted by molar-refractivity contribution is 0.0486. The molecule has 154 valence electrons. The second-order valence-corrected chi connectivity index (χ2v) is 10.5. The first-order chi connectivity index (χ1) is 11.9. The fourth-order valence-corrected chi connectivity index (χ4v) is 4.90. The Morgan fingerprint density at radius 3 is 2.46 bits per heavy atom. The number of aliphatic imine (C=N–C) groups is 1. The van der Waals surface area contributed by atoms with Crippen LogP contribution in [0.2, 0.25) is 0 Å². The van der Waals surface area contributed by atoms with E-state index in [0.29, 0.717) is 32.3 Å². The number of ether oxygens (including phenoxy) is 1. The molecule has 0 unspecified atom stereocenters. The molecule has 1 heterocycles. The Hall–Kier alpha value is -0.0900. The van der Waals surface area contributed by atoms with Crippen molar-refractivity contribution >= 4 is 39.8 Å². The highest BCUT2D eigenvalue weighted by atomic mass is 127. The number of nitrogens with one attached hydrogen (secondary N) is 1. The lowest BCUT2D eigenvalue weighted by Crippen LogP contribution is -2.57. The molecule has 1 saturated carbocycles. The molecule has 1 N–H and O–H groups in total. The second kappa shape index (κ2) is 11.0. The summed E-state index contributed by atoms with van der Waals surface area (Å²) in [7, 11) is -3.03. The molecule has 8 heteroatoms. The Balaban J connectivity index is 0.00000338. The predicted molar refractivity (Wildman–Crippen MR) is 118 cm³/mol. The van der Waals surface area contributed by atoms with E-state index in [4.69, 9.17) is 4.74 Å². The molecule has 0 amide bonds. The first-order valence-electron chi connectivity index (χ1n) is 9.73. The van der Waals surface area contributed by atoms with Gasteiger partial charge < -0.3 is 15.0 Å². The van der Waals surface area contributed by atoms with Crippen LogP contribution in [-0.2, 0) is 14.6 Å². The number of sulfone groups is 1. The van der Waals surface area contributed by atoms with Gasteiger partial charge in [0.1, 0.15) is 0 Å². The van der Waals surface area contributed by atoms with Gasteiger partial charge in [-0.15, -0.1) is 24.0 Å². The number of guanidine groups is 1. The molecule has 2 fully saturated rings. The Labute approximate surface area is 176 Å². The maximum absolute atomic E-state index is 12.2. The van der Waals surface area contributed by atoms with E-state index in [1.54, 1.807) is 13.8 Å². The van der Waals surface area contributed by atoms with Crippen LogP contribution in [0.15, 0.2) is 4.99 Å². The van der Waals surface area contributed by atoms with Crippen LogP contribution in [0.3, 0.4) is 0 Å². The third-order valence-electron chi connectivity index (χ3n) is 5.19. The van der Waals surface area contributed by atoms with E-state index in [0.717, 1.165) is 12.5 Å². The summed E-state index contributed by atoms with van der Waals surface area (Å²) >= 11 is 0. The van der Waals surface area contributed by atoms with Crippen molar-refractivity contribution in [3.8, 4) is 0 Å². The molecule has 0 aromatic rings. The summed E-state index contributed by atoms with van der Waals surface area (Å²) in [5, 5.41) is 3.29. The zero-order valence-electron chi connectivity index (χ0n) is 16.5. The molecular weight excluding hydrogens is 465 g/mol. The van der Waals surface area contributed by atoms with Crippen LogP contribution in [0.25, 0.3) is 0 Å². The van der Waals surface area contributed by atoms with Crippen LogP contribution in [-0.4, -0.2) is 68.7 Å². The smallest absolute Gasteiger partial charge is 0.194 e. The SMILES string of the molecule is CCNC(=NCCOC1CCCCCC1)N1CCS(=O)(=O)C(C)(C)C1.I. The van der Waals surface area contributed by atoms with Crippen molar-refractivity contribution in [1.82, 2.24) is 10.2 Å². The van der Waals surface area contributed by atoms with Crippen LogP contribution >= 0.6 is 24.0 Å². The van der Waals surface area contributed by atoms with Gasteiger partial charge >= 0.3 is 0 Å². The van der Waals surface area contributed by atoms with Crippen LogP contribution < -0.4 is 5.32 Å². The van der Waals surface area contributed by atoms with Gasteiger partial charge in [0.25, 0.3) is 0 Å². The highest BCUT2D eigenvalue weighted by Gasteiger charge is 2.40. The predicted octanol–water partition coefficient (Wildman–Crippen LogP) is 2.82. The van der Waals surface area contributed by atoms with E-state index >= 15 is 0 Å². The minimum Gasteiger partial charge on any atom is -0.376 e. The average Bonchev–Trinajstić information content (AvgIpc) is 2.82. The number of hydrogen-bond acceptors (Lipinski definition) is 4. The first-order valence-corrected chi connectivity index (χ1v) is 11.4. The van der Waals surface area contributed by atoms with Gasteiger partial charge in [0.2, 0.25) is 0 Å². The van der Waals surface area contributed by atoms with Crippen molar-refractivity contribution in [3.63, 3.8) is 0 Å². The second-order valence-electron chi connectivity index (χ2n) is 7.72. The van der Waals surface area contributed by atoms with Crippen molar-refractivity contribution in [1.29, 1.82) is 0 Å². The van der Waals surface area contributed by atoms with Crippen molar-refractivity contribution in [2.75, 3.05) is 38.5 Å². The third-order valence-corrected chi connectivity index (χ3v) is 7.72. The van der Waals surface area contributed by atoms with Crippen LogP contribution in [0, 0.1) is 0 Å². The molecule has 0 radical (unpaired) electrons. The standard InChI is InChI=1S/C18H35N3O3S.HI/c1-4-19-17(21-12-14-25(22,23)18(2,3)15-21)20-11-13-24-16-9-7-5-6-8-10-16;/h16H,4-15H2,1-3H3,(H,19,20);1H. The lowest BCUT2D eigenvalue weighted by Gasteiger charge is -2.39. The molecule has 26 heavy (non-hydrogen) atoms. The first kappa shape index (κ1) is 23.9. The van der Waals surface area contributed by atoms with E-state index in [2.05, 4.69) is 15.2 Å². The summed E-state index contributed by atoms with van der Waals surface area (Å²) in [4.78, 5) is 6.74. The highest BCUT2D eigenvalue weighted by molar-refractivity contribution is 14.0. The van der Waals surface area contributed by atoms with Gasteiger partial charge in [0.15, 0.2) is 15.8 Å². The quantitative estimate of drug-likeness (QED) is 0.206. The number of rotatable bonds is 5. The number of hydrogen-bond donors (Lipinski definition) is 1. The molecule has 0 aromatic carbocycles. The summed E-state index contributed by atoms with van der Waals surface area (Å²) < 4.78 is 29.6. The molecule has 1 aliphatic carbocycles. The maximum Gasteiger partial charge on any atom is 0.194 e. The summed E-state index contributed by atoms with van der Waals surface area (Å²) in [6.07, 6.45) is 7.93. The number of nitrogens with zero attached hydrogens (tertiary/aromatic N) is 2. The van der Waals surface area contributed by atoms with E-state index < -0.39 is 14.6 Å². The summed E-state index contributed by atoms with van der Waals surface area (Å²) in [5.41, 5.74) is 0. The summed E-state index contributed by atoms with van der Waals surface area (Å²) in [6, 6.07) is 0. The van der Waals surface area contributed by atoms with Crippen LogP contribution in [0.1, 0.15) is 59.3 Å². The Morgan fingerprint density at radius 2 is 1.88 bits per heavy atom. The largest absolute Gasteiger partial charge is 0.376 e. The highest BCUT2D eigenvalue weighted by Crippen LogP contribution is 2.24. The lowest BCUT2D eigenvalue weighted by atomic mass is 10.1. The summed E-state index contributed by atoms with van der Waals surface area (Å²) in [5.74, 6) is 0.984. The van der Waals surface area contributed by atoms with Crippen LogP contribution in [0.5, 0.6) is 0 Å². The molecule has 1 saturated heterocycles. The normalized spacial score (nSPS) is 23.8. The molecule has 6 nitrogen and oxygen atoms in total. The number of halogens is 1. The van der Waals surface area contributed by atoms with Gasteiger partial charge in [-0.25, -0.2) is 8.42 Å². The topological polar surface area (TPSA) is 71.0 Å². The fraction of sp³-hybridized carbons (Fsp3) is 0.944. The van der Waals surface area contributed by atoms with Crippen molar-refractivity contribution < 1.29 is 13.2 Å². The van der Waals surface area contributed by atoms with Gasteiger partial charge in [0, 0.05) is 19.6 Å². The van der Waals surface area contributed by atoms with Gasteiger partial charge in [-0.1, -0.05) is 25.7 Å². The Kier molecular flexibility index (Phi) is 10.2. The van der Waals surface area contributed by atoms with Gasteiger partial charge in [-0.3, -0.25) is 4.99 Å². The zero-order valence-corrected chi connectivity index (χ0v) is 19.6. The molecule has 2 aliphatic rings. The molecule has 0 bridgehead atoms. The monoisotopic (exact) mass is 501 g/mol. The van der Waals surface area contributed by atoms with Crippen molar-refractivity contribution in [3.05, 3.63) is 0 Å². The minimum absolute atomic E-state index is 0. The molecule has 0 aromatic heterocycles. The summed E-state index contributed by atoms with van der Waals surface area (Å²) in [6.45, 7) is 8.62. The van der Waals surface area contributed by atoms with Crippen LogP contribution in [0.4, 0.5) is 0 Å². The minimum atomic E-state index is -3.03. The van der Waals surface area contributed by atoms with Gasteiger partial charge in [0.05, 0.1) is 29.8 Å².